The van der Waals surface area contributed by atoms with E-state index in [1.54, 1.807) is 0 Å². The van der Waals surface area contributed by atoms with Crippen molar-refractivity contribution in [3.63, 3.8) is 0 Å². The second kappa shape index (κ2) is 7.03. The van der Waals surface area contributed by atoms with E-state index < -0.39 is 0 Å². The minimum Gasteiger partial charge on any atom is -0.340 e. The Hall–Kier alpha value is -2.47. The van der Waals surface area contributed by atoms with Gasteiger partial charge in [-0.2, -0.15) is 4.98 Å². The van der Waals surface area contributed by atoms with Crippen LogP contribution in [0, 0.1) is 13.8 Å². The Morgan fingerprint density at radius 3 is 3.00 bits per heavy atom. The molecule has 2 aromatic rings. The van der Waals surface area contributed by atoms with Gasteiger partial charge in [-0.05, 0) is 43.5 Å². The molecule has 136 valence electrons. The van der Waals surface area contributed by atoms with Crippen molar-refractivity contribution < 1.29 is 0 Å². The van der Waals surface area contributed by atoms with Gasteiger partial charge in [-0.25, -0.2) is 4.98 Å². The van der Waals surface area contributed by atoms with Crippen molar-refractivity contribution in [2.24, 2.45) is 4.99 Å². The third kappa shape index (κ3) is 3.29. The second-order valence-electron chi connectivity index (χ2n) is 7.10. The number of fused-ring (bicyclic) bond motifs is 1. The highest BCUT2D eigenvalue weighted by Crippen LogP contribution is 2.26. The van der Waals surface area contributed by atoms with E-state index in [9.17, 15) is 0 Å². The smallest absolute Gasteiger partial charge is 0.227 e. The standard InChI is InChI=1S/C20H26N6/c1-4-17-12-26(8-7-22-17)20-23-14(3)13(2)19(25-20)24-18-6-5-15-10-21-11-16(15)9-18/h5-6,9,11,17,22H,4,7-8,10,12H2,1-3H3,(H,23,24,25). The number of aromatic nitrogens is 2. The molecule has 4 rings (SSSR count). The first kappa shape index (κ1) is 17.0. The molecule has 2 aliphatic rings. The lowest BCUT2D eigenvalue weighted by atomic mass is 10.1. The first-order chi connectivity index (χ1) is 12.6. The average Bonchev–Trinajstić information content (AvgIpc) is 3.13. The van der Waals surface area contributed by atoms with E-state index in [1.165, 1.54) is 11.1 Å². The first-order valence-electron chi connectivity index (χ1n) is 9.37. The molecule has 6 nitrogen and oxygen atoms in total. The third-order valence-corrected chi connectivity index (χ3v) is 5.31. The highest BCUT2D eigenvalue weighted by Gasteiger charge is 2.21. The third-order valence-electron chi connectivity index (χ3n) is 5.31. The molecule has 0 spiro atoms. The molecule has 0 radical (unpaired) electrons. The molecule has 2 N–H and O–H groups in total. The monoisotopic (exact) mass is 350 g/mol. The summed E-state index contributed by atoms with van der Waals surface area (Å²) in [5.41, 5.74) is 5.61. The van der Waals surface area contributed by atoms with Gasteiger partial charge >= 0.3 is 0 Å². The number of nitrogens with zero attached hydrogens (tertiary/aromatic N) is 4. The Bertz CT molecular complexity index is 844. The fourth-order valence-electron chi connectivity index (χ4n) is 3.47. The van der Waals surface area contributed by atoms with E-state index in [2.05, 4.69) is 59.5 Å². The van der Waals surface area contributed by atoms with Crippen LogP contribution < -0.4 is 15.5 Å². The van der Waals surface area contributed by atoms with Crippen LogP contribution in [-0.2, 0) is 6.54 Å². The molecule has 6 heteroatoms. The van der Waals surface area contributed by atoms with Crippen LogP contribution >= 0.6 is 0 Å². The maximum Gasteiger partial charge on any atom is 0.227 e. The van der Waals surface area contributed by atoms with E-state index in [-0.39, 0.29) is 0 Å². The maximum absolute atomic E-state index is 4.86. The van der Waals surface area contributed by atoms with Crippen LogP contribution in [0.2, 0.25) is 0 Å². The minimum atomic E-state index is 0.501. The van der Waals surface area contributed by atoms with Gasteiger partial charge in [0.25, 0.3) is 0 Å². The van der Waals surface area contributed by atoms with Crippen molar-refractivity contribution in [1.29, 1.82) is 0 Å². The van der Waals surface area contributed by atoms with Gasteiger partial charge in [0.05, 0.1) is 6.54 Å². The van der Waals surface area contributed by atoms with Gasteiger partial charge in [0.2, 0.25) is 5.95 Å². The lowest BCUT2D eigenvalue weighted by Crippen LogP contribution is -2.51. The summed E-state index contributed by atoms with van der Waals surface area (Å²) in [6, 6.07) is 6.88. The number of piperazine rings is 1. The molecule has 1 saturated heterocycles. The minimum absolute atomic E-state index is 0.501. The maximum atomic E-state index is 4.86. The predicted molar refractivity (Wildman–Crippen MR) is 107 cm³/mol. The molecule has 0 bridgehead atoms. The number of nitrogens with one attached hydrogen (secondary N) is 2. The lowest BCUT2D eigenvalue weighted by molar-refractivity contribution is 0.442. The molecule has 1 aromatic carbocycles. The topological polar surface area (TPSA) is 65.4 Å². The van der Waals surface area contributed by atoms with Crippen LogP contribution in [-0.4, -0.2) is 41.9 Å². The summed E-state index contributed by atoms with van der Waals surface area (Å²) < 4.78 is 0. The SMILES string of the molecule is CCC1CN(c2nc(C)c(C)c(Nc3ccc4c(c3)C=NC4)n2)CCN1. The Morgan fingerprint density at radius 2 is 2.15 bits per heavy atom. The molecule has 0 amide bonds. The molecule has 3 heterocycles. The fraction of sp³-hybridized carbons (Fsp3) is 0.450. The highest BCUT2D eigenvalue weighted by atomic mass is 15.3. The Kier molecular flexibility index (Phi) is 4.59. The number of benzene rings is 1. The predicted octanol–water partition coefficient (Wildman–Crippen LogP) is 2.96. The van der Waals surface area contributed by atoms with Gasteiger partial charge in [-0.3, -0.25) is 4.99 Å². The lowest BCUT2D eigenvalue weighted by Gasteiger charge is -2.33. The van der Waals surface area contributed by atoms with Crippen molar-refractivity contribution >= 4 is 23.7 Å². The summed E-state index contributed by atoms with van der Waals surface area (Å²) in [7, 11) is 0. The first-order valence-corrected chi connectivity index (χ1v) is 9.37. The Balaban J connectivity index is 1.61. The molecule has 2 aliphatic heterocycles. The van der Waals surface area contributed by atoms with Gasteiger partial charge in [0, 0.05) is 48.8 Å². The molecular weight excluding hydrogens is 324 g/mol. The normalized spacial score (nSPS) is 18.9. The molecule has 0 saturated carbocycles. The average molecular weight is 350 g/mol. The number of aryl methyl sites for hydroxylation is 1. The Labute approximate surface area is 154 Å². The molecule has 0 aliphatic carbocycles. The van der Waals surface area contributed by atoms with Crippen LogP contribution in [0.15, 0.2) is 23.2 Å². The van der Waals surface area contributed by atoms with E-state index in [4.69, 9.17) is 9.97 Å². The highest BCUT2D eigenvalue weighted by molar-refractivity contribution is 5.86. The van der Waals surface area contributed by atoms with Crippen LogP contribution in [0.4, 0.5) is 17.5 Å². The number of anilines is 3. The number of aliphatic imine (C=N–C) groups is 1. The van der Waals surface area contributed by atoms with Crippen LogP contribution in [0.3, 0.4) is 0 Å². The summed E-state index contributed by atoms with van der Waals surface area (Å²) >= 11 is 0. The summed E-state index contributed by atoms with van der Waals surface area (Å²) in [6.45, 7) is 9.99. The van der Waals surface area contributed by atoms with Crippen LogP contribution in [0.1, 0.15) is 35.7 Å². The zero-order chi connectivity index (χ0) is 18.1. The summed E-state index contributed by atoms with van der Waals surface area (Å²) in [5, 5.41) is 7.04. The largest absolute Gasteiger partial charge is 0.340 e. The van der Waals surface area contributed by atoms with Gasteiger partial charge in [-0.1, -0.05) is 13.0 Å². The number of hydrogen-bond acceptors (Lipinski definition) is 6. The molecule has 1 aromatic heterocycles. The summed E-state index contributed by atoms with van der Waals surface area (Å²) in [6.07, 6.45) is 3.05. The number of rotatable bonds is 4. The summed E-state index contributed by atoms with van der Waals surface area (Å²) in [5.74, 6) is 1.70. The van der Waals surface area contributed by atoms with E-state index in [1.807, 2.05) is 6.21 Å². The molecule has 1 atom stereocenters. The van der Waals surface area contributed by atoms with Gasteiger partial charge in [-0.15, -0.1) is 0 Å². The quantitative estimate of drug-likeness (QED) is 0.887. The van der Waals surface area contributed by atoms with Crippen molar-refractivity contribution in [2.45, 2.75) is 39.8 Å². The molecule has 1 unspecified atom stereocenters. The van der Waals surface area contributed by atoms with Gasteiger partial charge in [0.15, 0.2) is 0 Å². The molecular formula is C20H26N6. The van der Waals surface area contributed by atoms with Crippen molar-refractivity contribution in [2.75, 3.05) is 29.9 Å². The summed E-state index contributed by atoms with van der Waals surface area (Å²) in [4.78, 5) is 16.2. The van der Waals surface area contributed by atoms with Crippen molar-refractivity contribution in [3.8, 4) is 0 Å². The van der Waals surface area contributed by atoms with Crippen molar-refractivity contribution in [1.82, 2.24) is 15.3 Å². The van der Waals surface area contributed by atoms with Gasteiger partial charge < -0.3 is 15.5 Å². The fourth-order valence-corrected chi connectivity index (χ4v) is 3.47. The number of hydrogen-bond donors (Lipinski definition) is 2. The Morgan fingerprint density at radius 1 is 1.27 bits per heavy atom. The zero-order valence-corrected chi connectivity index (χ0v) is 15.7. The second-order valence-corrected chi connectivity index (χ2v) is 7.10. The van der Waals surface area contributed by atoms with Gasteiger partial charge in [0.1, 0.15) is 5.82 Å². The zero-order valence-electron chi connectivity index (χ0n) is 15.7. The van der Waals surface area contributed by atoms with E-state index in [0.29, 0.717) is 6.04 Å². The van der Waals surface area contributed by atoms with Crippen LogP contribution in [0.25, 0.3) is 0 Å². The van der Waals surface area contributed by atoms with Crippen LogP contribution in [0.5, 0.6) is 0 Å². The van der Waals surface area contributed by atoms with Crippen molar-refractivity contribution in [3.05, 3.63) is 40.6 Å². The molecule has 26 heavy (non-hydrogen) atoms. The molecule has 1 fully saturated rings. The van der Waals surface area contributed by atoms with E-state index in [0.717, 1.165) is 61.3 Å². The van der Waals surface area contributed by atoms with E-state index >= 15 is 0 Å².